The van der Waals surface area contributed by atoms with Gasteiger partial charge in [0, 0.05) is 18.0 Å². The minimum atomic E-state index is 0.403. The number of rotatable bonds is 6. The molecule has 2 N–H and O–H groups in total. The van der Waals surface area contributed by atoms with Crippen LogP contribution in [0, 0.1) is 6.92 Å². The third-order valence-electron chi connectivity index (χ3n) is 3.14. The average molecular weight is 254 g/mol. The number of ether oxygens (including phenoxy) is 1. The molecule has 0 radical (unpaired) electrons. The van der Waals surface area contributed by atoms with Crippen LogP contribution in [0.4, 0.5) is 0 Å². The van der Waals surface area contributed by atoms with Crippen LogP contribution < -0.4 is 10.6 Å². The molecule has 0 aliphatic carbocycles. The van der Waals surface area contributed by atoms with Crippen LogP contribution in [-0.2, 0) is 11.2 Å². The zero-order valence-corrected chi connectivity index (χ0v) is 11.3. The largest absolute Gasteiger partial charge is 0.376 e. The smallest absolute Gasteiger partial charge is 0.0712 e. The van der Waals surface area contributed by atoms with Crippen LogP contribution in [0.2, 0.25) is 0 Å². The summed E-state index contributed by atoms with van der Waals surface area (Å²) in [5, 5.41) is 9.02. The maximum atomic E-state index is 5.65. The van der Waals surface area contributed by atoms with Gasteiger partial charge < -0.3 is 15.4 Å². The number of nitrogens with one attached hydrogen (secondary N) is 2. The van der Waals surface area contributed by atoms with E-state index in [0.29, 0.717) is 6.10 Å². The molecule has 3 nitrogen and oxygen atoms in total. The predicted molar refractivity (Wildman–Crippen MR) is 72.9 cm³/mol. The van der Waals surface area contributed by atoms with E-state index in [2.05, 4.69) is 29.0 Å². The number of hydrogen-bond acceptors (Lipinski definition) is 4. The molecule has 1 saturated heterocycles. The van der Waals surface area contributed by atoms with Crippen LogP contribution in [-0.4, -0.2) is 38.9 Å². The predicted octanol–water partition coefficient (Wildman–Crippen LogP) is 1.57. The molecular weight excluding hydrogens is 232 g/mol. The third-order valence-corrected chi connectivity index (χ3v) is 4.23. The van der Waals surface area contributed by atoms with Gasteiger partial charge in [0.1, 0.15) is 0 Å². The lowest BCUT2D eigenvalue weighted by Gasteiger charge is -2.23. The minimum absolute atomic E-state index is 0.403. The molecule has 0 amide bonds. The zero-order chi connectivity index (χ0) is 11.9. The molecule has 0 spiro atoms. The topological polar surface area (TPSA) is 33.3 Å². The lowest BCUT2D eigenvalue weighted by Crippen LogP contribution is -2.40. The van der Waals surface area contributed by atoms with Crippen molar-refractivity contribution >= 4 is 11.3 Å². The Morgan fingerprint density at radius 2 is 2.47 bits per heavy atom. The first-order valence-corrected chi connectivity index (χ1v) is 7.30. The molecule has 2 heterocycles. The van der Waals surface area contributed by atoms with Crippen LogP contribution in [0.15, 0.2) is 11.4 Å². The maximum Gasteiger partial charge on any atom is 0.0712 e. The Bertz CT molecular complexity index is 321. The van der Waals surface area contributed by atoms with E-state index in [1.807, 2.05) is 11.3 Å². The van der Waals surface area contributed by atoms with Gasteiger partial charge >= 0.3 is 0 Å². The van der Waals surface area contributed by atoms with Crippen molar-refractivity contribution in [3.05, 3.63) is 21.9 Å². The normalized spacial score (nSPS) is 20.6. The number of hydrogen-bond donors (Lipinski definition) is 2. The van der Waals surface area contributed by atoms with E-state index in [1.54, 1.807) is 0 Å². The first-order chi connectivity index (χ1) is 8.36. The molecule has 1 aliphatic rings. The van der Waals surface area contributed by atoms with E-state index in [1.165, 1.54) is 10.4 Å². The highest BCUT2D eigenvalue weighted by Gasteiger charge is 2.12. The van der Waals surface area contributed by atoms with Gasteiger partial charge in [-0.05, 0) is 49.9 Å². The first-order valence-electron chi connectivity index (χ1n) is 6.42. The van der Waals surface area contributed by atoms with Crippen molar-refractivity contribution in [2.45, 2.75) is 25.9 Å². The Labute approximate surface area is 108 Å². The van der Waals surface area contributed by atoms with E-state index in [-0.39, 0.29) is 0 Å². The molecule has 1 aromatic rings. The molecule has 96 valence electrons. The number of thiophene rings is 1. The SMILES string of the molecule is Cc1ccsc1CCNCCC1CNCCO1. The Hall–Kier alpha value is -0.420. The Kier molecular flexibility index (Phi) is 5.45. The van der Waals surface area contributed by atoms with Crippen LogP contribution in [0.1, 0.15) is 16.9 Å². The Morgan fingerprint density at radius 1 is 1.53 bits per heavy atom. The number of morpholine rings is 1. The van der Waals surface area contributed by atoms with Gasteiger partial charge in [-0.2, -0.15) is 0 Å². The molecule has 0 saturated carbocycles. The molecular formula is C13H22N2OS. The monoisotopic (exact) mass is 254 g/mol. The Morgan fingerprint density at radius 3 is 3.18 bits per heavy atom. The summed E-state index contributed by atoms with van der Waals surface area (Å²) in [6, 6.07) is 2.20. The van der Waals surface area contributed by atoms with E-state index < -0.39 is 0 Å². The van der Waals surface area contributed by atoms with Gasteiger partial charge in [0.15, 0.2) is 0 Å². The molecule has 1 unspecified atom stereocenters. The molecule has 4 heteroatoms. The minimum Gasteiger partial charge on any atom is -0.376 e. The second-order valence-corrected chi connectivity index (χ2v) is 5.51. The Balaban J connectivity index is 1.53. The van der Waals surface area contributed by atoms with Crippen LogP contribution >= 0.6 is 11.3 Å². The van der Waals surface area contributed by atoms with Crippen molar-refractivity contribution in [2.75, 3.05) is 32.8 Å². The molecule has 1 fully saturated rings. The van der Waals surface area contributed by atoms with Gasteiger partial charge in [-0.25, -0.2) is 0 Å². The van der Waals surface area contributed by atoms with E-state index in [9.17, 15) is 0 Å². The van der Waals surface area contributed by atoms with Crippen molar-refractivity contribution < 1.29 is 4.74 Å². The van der Waals surface area contributed by atoms with Gasteiger partial charge in [-0.1, -0.05) is 0 Å². The number of aryl methyl sites for hydroxylation is 1. The molecule has 0 aromatic carbocycles. The summed E-state index contributed by atoms with van der Waals surface area (Å²) >= 11 is 1.86. The lowest BCUT2D eigenvalue weighted by molar-refractivity contribution is 0.0239. The summed E-state index contributed by atoms with van der Waals surface area (Å²) in [6.07, 6.45) is 2.66. The van der Waals surface area contributed by atoms with E-state index >= 15 is 0 Å². The van der Waals surface area contributed by atoms with Gasteiger partial charge in [0.2, 0.25) is 0 Å². The molecule has 2 rings (SSSR count). The van der Waals surface area contributed by atoms with Crippen molar-refractivity contribution in [2.24, 2.45) is 0 Å². The van der Waals surface area contributed by atoms with Gasteiger partial charge in [-0.15, -0.1) is 11.3 Å². The molecule has 0 bridgehead atoms. The van der Waals surface area contributed by atoms with Crippen molar-refractivity contribution in [3.8, 4) is 0 Å². The fourth-order valence-corrected chi connectivity index (χ4v) is 2.97. The quantitative estimate of drug-likeness (QED) is 0.756. The summed E-state index contributed by atoms with van der Waals surface area (Å²) < 4.78 is 5.65. The molecule has 1 atom stereocenters. The van der Waals surface area contributed by atoms with Crippen molar-refractivity contribution in [1.82, 2.24) is 10.6 Å². The molecule has 1 aliphatic heterocycles. The summed E-state index contributed by atoms with van der Waals surface area (Å²) in [5.74, 6) is 0. The molecule has 1 aromatic heterocycles. The second kappa shape index (κ2) is 7.11. The fourth-order valence-electron chi connectivity index (χ4n) is 2.06. The van der Waals surface area contributed by atoms with Crippen LogP contribution in [0.25, 0.3) is 0 Å². The van der Waals surface area contributed by atoms with E-state index in [0.717, 1.165) is 45.6 Å². The van der Waals surface area contributed by atoms with Crippen LogP contribution in [0.3, 0.4) is 0 Å². The van der Waals surface area contributed by atoms with Crippen LogP contribution in [0.5, 0.6) is 0 Å². The van der Waals surface area contributed by atoms with E-state index in [4.69, 9.17) is 4.74 Å². The summed E-state index contributed by atoms with van der Waals surface area (Å²) in [7, 11) is 0. The highest BCUT2D eigenvalue weighted by molar-refractivity contribution is 7.10. The maximum absolute atomic E-state index is 5.65. The van der Waals surface area contributed by atoms with Crippen molar-refractivity contribution in [3.63, 3.8) is 0 Å². The summed E-state index contributed by atoms with van der Waals surface area (Å²) in [6.45, 7) is 7.18. The highest BCUT2D eigenvalue weighted by Crippen LogP contribution is 2.15. The average Bonchev–Trinajstić information content (AvgIpc) is 2.76. The van der Waals surface area contributed by atoms with Gasteiger partial charge in [-0.3, -0.25) is 0 Å². The second-order valence-electron chi connectivity index (χ2n) is 4.51. The summed E-state index contributed by atoms with van der Waals surface area (Å²) in [4.78, 5) is 1.51. The third kappa shape index (κ3) is 4.39. The first kappa shape index (κ1) is 13.0. The summed E-state index contributed by atoms with van der Waals surface area (Å²) in [5.41, 5.74) is 1.43. The van der Waals surface area contributed by atoms with Gasteiger partial charge in [0.05, 0.1) is 12.7 Å². The lowest BCUT2D eigenvalue weighted by atomic mass is 10.2. The standard InChI is InChI=1S/C13H22N2OS/c1-11-4-9-17-13(11)3-6-14-5-2-12-10-15-7-8-16-12/h4,9,12,14-15H,2-3,5-8,10H2,1H3. The van der Waals surface area contributed by atoms with Crippen molar-refractivity contribution in [1.29, 1.82) is 0 Å². The zero-order valence-electron chi connectivity index (χ0n) is 10.5. The molecule has 17 heavy (non-hydrogen) atoms. The van der Waals surface area contributed by atoms with Gasteiger partial charge in [0.25, 0.3) is 0 Å². The highest BCUT2D eigenvalue weighted by atomic mass is 32.1. The fraction of sp³-hybridized carbons (Fsp3) is 0.692.